The van der Waals surface area contributed by atoms with Crippen molar-refractivity contribution >= 4 is 15.9 Å². The molecule has 0 aliphatic rings. The first-order valence-corrected chi connectivity index (χ1v) is 5.25. The van der Waals surface area contributed by atoms with Gasteiger partial charge >= 0.3 is 0 Å². The fourth-order valence-corrected chi connectivity index (χ4v) is 1.69. The van der Waals surface area contributed by atoms with E-state index in [1.807, 2.05) is 29.9 Å². The molecule has 0 unspecified atom stereocenters. The minimum absolute atomic E-state index is 0.438. The van der Waals surface area contributed by atoms with E-state index in [1.54, 1.807) is 12.4 Å². The first-order valence-electron chi connectivity index (χ1n) is 4.46. The van der Waals surface area contributed by atoms with Gasteiger partial charge in [-0.15, -0.1) is 0 Å². The summed E-state index contributed by atoms with van der Waals surface area (Å²) in [5, 5.41) is 0. The molecule has 0 aliphatic carbocycles. The minimum Gasteiger partial charge on any atom is -0.484 e. The Morgan fingerprint density at radius 3 is 3.00 bits per heavy atom. The molecule has 0 aromatic carbocycles. The Morgan fingerprint density at radius 2 is 2.40 bits per heavy atom. The maximum absolute atomic E-state index is 5.52. The molecule has 0 fully saturated rings. The van der Waals surface area contributed by atoms with E-state index in [4.69, 9.17) is 4.74 Å². The lowest BCUT2D eigenvalue weighted by atomic mass is 10.5. The van der Waals surface area contributed by atoms with Gasteiger partial charge in [0, 0.05) is 19.4 Å². The SMILES string of the molecule is Cn1cc(Br)nc1COc1cccnc1. The summed E-state index contributed by atoms with van der Waals surface area (Å²) in [6.07, 6.45) is 5.28. The van der Waals surface area contributed by atoms with Gasteiger partial charge in [-0.2, -0.15) is 0 Å². The number of pyridine rings is 1. The van der Waals surface area contributed by atoms with Crippen LogP contribution in [-0.4, -0.2) is 14.5 Å². The van der Waals surface area contributed by atoms with Crippen molar-refractivity contribution in [3.8, 4) is 5.75 Å². The molecule has 5 heteroatoms. The Kier molecular flexibility index (Phi) is 3.01. The summed E-state index contributed by atoms with van der Waals surface area (Å²) in [5.41, 5.74) is 0. The number of imidazole rings is 1. The van der Waals surface area contributed by atoms with Gasteiger partial charge < -0.3 is 9.30 Å². The number of rotatable bonds is 3. The molecule has 0 amide bonds. The maximum atomic E-state index is 5.52. The van der Waals surface area contributed by atoms with Gasteiger partial charge in [-0.25, -0.2) is 4.98 Å². The molecular formula is C10H10BrN3O. The fraction of sp³-hybridized carbons (Fsp3) is 0.200. The summed E-state index contributed by atoms with van der Waals surface area (Å²) in [4.78, 5) is 8.22. The third kappa shape index (κ3) is 2.56. The predicted octanol–water partition coefficient (Wildman–Crippen LogP) is 2.16. The van der Waals surface area contributed by atoms with Crippen LogP contribution in [0.2, 0.25) is 0 Å². The average Bonchev–Trinajstić information content (AvgIpc) is 2.56. The summed E-state index contributed by atoms with van der Waals surface area (Å²) >= 11 is 3.31. The average molecular weight is 268 g/mol. The third-order valence-electron chi connectivity index (χ3n) is 1.95. The zero-order valence-electron chi connectivity index (χ0n) is 8.22. The van der Waals surface area contributed by atoms with Gasteiger partial charge in [0.05, 0.1) is 6.20 Å². The number of hydrogen-bond acceptors (Lipinski definition) is 3. The largest absolute Gasteiger partial charge is 0.484 e. The van der Waals surface area contributed by atoms with Crippen LogP contribution >= 0.6 is 15.9 Å². The van der Waals surface area contributed by atoms with E-state index in [0.717, 1.165) is 16.2 Å². The second-order valence-electron chi connectivity index (χ2n) is 3.07. The van der Waals surface area contributed by atoms with Crippen LogP contribution in [0.15, 0.2) is 35.3 Å². The second-order valence-corrected chi connectivity index (χ2v) is 3.88. The van der Waals surface area contributed by atoms with Gasteiger partial charge in [-0.3, -0.25) is 4.98 Å². The lowest BCUT2D eigenvalue weighted by Crippen LogP contribution is -2.02. The smallest absolute Gasteiger partial charge is 0.147 e. The highest BCUT2D eigenvalue weighted by Crippen LogP contribution is 2.12. The van der Waals surface area contributed by atoms with Crippen molar-refractivity contribution in [2.75, 3.05) is 0 Å². The van der Waals surface area contributed by atoms with Crippen molar-refractivity contribution in [2.45, 2.75) is 6.61 Å². The van der Waals surface area contributed by atoms with Crippen LogP contribution in [0.4, 0.5) is 0 Å². The Labute approximate surface area is 96.1 Å². The number of aromatic nitrogens is 3. The molecule has 2 rings (SSSR count). The maximum Gasteiger partial charge on any atom is 0.147 e. The van der Waals surface area contributed by atoms with Crippen molar-refractivity contribution in [3.05, 3.63) is 41.2 Å². The van der Waals surface area contributed by atoms with Gasteiger partial charge in [0.2, 0.25) is 0 Å². The molecule has 2 heterocycles. The molecule has 0 aliphatic heterocycles. The Bertz CT molecular complexity index is 441. The molecule has 15 heavy (non-hydrogen) atoms. The van der Waals surface area contributed by atoms with Gasteiger partial charge in [0.25, 0.3) is 0 Å². The van der Waals surface area contributed by atoms with Crippen molar-refractivity contribution in [3.63, 3.8) is 0 Å². The van der Waals surface area contributed by atoms with Gasteiger partial charge in [0.15, 0.2) is 0 Å². The molecular weight excluding hydrogens is 258 g/mol. The van der Waals surface area contributed by atoms with E-state index in [9.17, 15) is 0 Å². The van der Waals surface area contributed by atoms with E-state index < -0.39 is 0 Å². The number of ether oxygens (including phenoxy) is 1. The summed E-state index contributed by atoms with van der Waals surface area (Å²) < 4.78 is 8.25. The minimum atomic E-state index is 0.438. The monoisotopic (exact) mass is 267 g/mol. The molecule has 0 atom stereocenters. The number of aryl methyl sites for hydroxylation is 1. The van der Waals surface area contributed by atoms with Crippen LogP contribution in [0, 0.1) is 0 Å². The molecule has 0 N–H and O–H groups in total. The molecule has 0 bridgehead atoms. The zero-order chi connectivity index (χ0) is 10.7. The van der Waals surface area contributed by atoms with Crippen LogP contribution in [-0.2, 0) is 13.7 Å². The van der Waals surface area contributed by atoms with Crippen molar-refractivity contribution in [2.24, 2.45) is 7.05 Å². The molecule has 4 nitrogen and oxygen atoms in total. The van der Waals surface area contributed by atoms with Crippen LogP contribution in [0.1, 0.15) is 5.82 Å². The zero-order valence-corrected chi connectivity index (χ0v) is 9.81. The number of hydrogen-bond donors (Lipinski definition) is 0. The highest BCUT2D eigenvalue weighted by Gasteiger charge is 2.03. The van der Waals surface area contributed by atoms with E-state index in [0.29, 0.717) is 6.61 Å². The number of nitrogens with zero attached hydrogens (tertiary/aromatic N) is 3. The molecule has 78 valence electrons. The Hall–Kier alpha value is -1.36. The van der Waals surface area contributed by atoms with Crippen LogP contribution in [0.25, 0.3) is 0 Å². The Morgan fingerprint density at radius 1 is 1.53 bits per heavy atom. The lowest BCUT2D eigenvalue weighted by molar-refractivity contribution is 0.290. The molecule has 2 aromatic heterocycles. The lowest BCUT2D eigenvalue weighted by Gasteiger charge is -2.04. The molecule has 0 spiro atoms. The van der Waals surface area contributed by atoms with Crippen LogP contribution < -0.4 is 4.74 Å². The van der Waals surface area contributed by atoms with E-state index in [1.165, 1.54) is 0 Å². The highest BCUT2D eigenvalue weighted by molar-refractivity contribution is 9.10. The predicted molar refractivity (Wildman–Crippen MR) is 59.5 cm³/mol. The molecule has 0 saturated carbocycles. The van der Waals surface area contributed by atoms with Crippen molar-refractivity contribution in [1.29, 1.82) is 0 Å². The van der Waals surface area contributed by atoms with Crippen LogP contribution in [0.5, 0.6) is 5.75 Å². The fourth-order valence-electron chi connectivity index (χ4n) is 1.18. The first-order chi connectivity index (χ1) is 7.25. The standard InChI is InChI=1S/C10H10BrN3O/c1-14-6-9(11)13-10(14)7-15-8-3-2-4-12-5-8/h2-6H,7H2,1H3. The van der Waals surface area contributed by atoms with Crippen LogP contribution in [0.3, 0.4) is 0 Å². The number of halogens is 1. The highest BCUT2D eigenvalue weighted by atomic mass is 79.9. The van der Waals surface area contributed by atoms with Crippen molar-refractivity contribution < 1.29 is 4.74 Å². The summed E-state index contributed by atoms with van der Waals surface area (Å²) in [7, 11) is 1.93. The normalized spacial score (nSPS) is 10.3. The summed E-state index contributed by atoms with van der Waals surface area (Å²) in [5.74, 6) is 1.61. The van der Waals surface area contributed by atoms with E-state index >= 15 is 0 Å². The van der Waals surface area contributed by atoms with Gasteiger partial charge in [-0.05, 0) is 28.1 Å². The topological polar surface area (TPSA) is 39.9 Å². The Balaban J connectivity index is 2.02. The van der Waals surface area contributed by atoms with Gasteiger partial charge in [-0.1, -0.05) is 0 Å². The second kappa shape index (κ2) is 4.44. The quantitative estimate of drug-likeness (QED) is 0.856. The van der Waals surface area contributed by atoms with E-state index in [-0.39, 0.29) is 0 Å². The van der Waals surface area contributed by atoms with Gasteiger partial charge in [0.1, 0.15) is 22.8 Å². The molecule has 0 radical (unpaired) electrons. The third-order valence-corrected chi connectivity index (χ3v) is 2.33. The van der Waals surface area contributed by atoms with Crippen molar-refractivity contribution in [1.82, 2.24) is 14.5 Å². The summed E-state index contributed by atoms with van der Waals surface area (Å²) in [6.45, 7) is 0.438. The molecule has 2 aromatic rings. The molecule has 0 saturated heterocycles. The van der Waals surface area contributed by atoms with E-state index in [2.05, 4.69) is 25.9 Å². The summed E-state index contributed by atoms with van der Waals surface area (Å²) in [6, 6.07) is 3.70. The first kappa shape index (κ1) is 10.2.